The van der Waals surface area contributed by atoms with Crippen molar-refractivity contribution in [2.45, 2.75) is 38.8 Å². The lowest BCUT2D eigenvalue weighted by atomic mass is 9.75. The first-order chi connectivity index (χ1) is 12.0. The summed E-state index contributed by atoms with van der Waals surface area (Å²) in [6.45, 7) is 3.59. The van der Waals surface area contributed by atoms with Crippen LogP contribution in [0, 0.1) is 19.8 Å². The molecule has 0 spiro atoms. The summed E-state index contributed by atoms with van der Waals surface area (Å²) in [5.41, 5.74) is 1.98. The van der Waals surface area contributed by atoms with Gasteiger partial charge < -0.3 is 15.2 Å². The monoisotopic (exact) mass is 342 g/mol. The van der Waals surface area contributed by atoms with Gasteiger partial charge in [-0.3, -0.25) is 4.79 Å². The smallest absolute Gasteiger partial charge is 0.270 e. The number of rotatable bonds is 5. The van der Waals surface area contributed by atoms with E-state index in [2.05, 4.69) is 20.3 Å². The van der Waals surface area contributed by atoms with Gasteiger partial charge in [-0.2, -0.15) is 0 Å². The summed E-state index contributed by atoms with van der Waals surface area (Å²) >= 11 is 0. The van der Waals surface area contributed by atoms with Gasteiger partial charge in [0.05, 0.1) is 19.3 Å². The van der Waals surface area contributed by atoms with E-state index >= 15 is 0 Å². The fraction of sp³-hybridized carbons (Fsp3) is 0.444. The summed E-state index contributed by atoms with van der Waals surface area (Å²) in [5, 5.41) is 12.7. The summed E-state index contributed by atoms with van der Waals surface area (Å²) in [7, 11) is 1.56. The largest absolute Gasteiger partial charge is 0.481 e. The normalized spacial score (nSPS) is 20.5. The number of nitrogens with zero attached hydrogens (tertiary/aromatic N) is 3. The molecule has 0 saturated heterocycles. The van der Waals surface area contributed by atoms with Gasteiger partial charge in [-0.05, 0) is 44.2 Å². The fourth-order valence-electron chi connectivity index (χ4n) is 3.12. The highest BCUT2D eigenvalue weighted by atomic mass is 16.5. The molecule has 7 nitrogen and oxygen atoms in total. The van der Waals surface area contributed by atoms with Gasteiger partial charge >= 0.3 is 0 Å². The molecule has 25 heavy (non-hydrogen) atoms. The highest BCUT2D eigenvalue weighted by Gasteiger charge is 2.36. The van der Waals surface area contributed by atoms with Crippen molar-refractivity contribution >= 4 is 5.91 Å². The molecule has 1 fully saturated rings. The number of ether oxygens (including phenoxy) is 1. The van der Waals surface area contributed by atoms with Crippen molar-refractivity contribution in [1.29, 1.82) is 0 Å². The third-order valence-electron chi connectivity index (χ3n) is 4.43. The Hall–Kier alpha value is -2.54. The maximum atomic E-state index is 12.7. The van der Waals surface area contributed by atoms with Crippen LogP contribution < -0.4 is 10.1 Å². The third kappa shape index (κ3) is 3.93. The van der Waals surface area contributed by atoms with Crippen molar-refractivity contribution in [2.75, 3.05) is 7.11 Å². The Morgan fingerprint density at radius 2 is 2.08 bits per heavy atom. The molecule has 0 aromatic carbocycles. The number of methoxy groups -OCH3 is 1. The third-order valence-corrected chi connectivity index (χ3v) is 4.43. The van der Waals surface area contributed by atoms with Gasteiger partial charge in [0.15, 0.2) is 0 Å². The molecular formula is C18H22N4O3. The molecule has 0 bridgehead atoms. The Balaban J connectivity index is 1.82. The molecule has 0 radical (unpaired) electrons. The summed E-state index contributed by atoms with van der Waals surface area (Å²) in [6, 6.07) is 5.09. The van der Waals surface area contributed by atoms with E-state index in [0.29, 0.717) is 30.2 Å². The Kier molecular flexibility index (Phi) is 4.94. The van der Waals surface area contributed by atoms with Crippen LogP contribution in [0.2, 0.25) is 0 Å². The van der Waals surface area contributed by atoms with Crippen molar-refractivity contribution < 1.29 is 14.6 Å². The van der Waals surface area contributed by atoms with Crippen molar-refractivity contribution in [3.8, 4) is 5.88 Å². The van der Waals surface area contributed by atoms with E-state index in [0.717, 1.165) is 11.3 Å². The number of amides is 1. The van der Waals surface area contributed by atoms with E-state index < -0.39 is 0 Å². The molecule has 1 amide bonds. The Labute approximate surface area is 146 Å². The summed E-state index contributed by atoms with van der Waals surface area (Å²) in [5.74, 6) is 0.991. The molecule has 0 aliphatic heterocycles. The number of aromatic nitrogens is 3. The molecule has 1 aliphatic carbocycles. The predicted octanol–water partition coefficient (Wildman–Crippen LogP) is 1.74. The molecule has 3 rings (SSSR count). The first kappa shape index (κ1) is 17.3. The Bertz CT molecular complexity index is 737. The number of hydrogen-bond acceptors (Lipinski definition) is 6. The average Bonchev–Trinajstić information content (AvgIpc) is 2.56. The zero-order valence-corrected chi connectivity index (χ0v) is 14.6. The molecule has 1 aliphatic rings. The maximum absolute atomic E-state index is 12.7. The maximum Gasteiger partial charge on any atom is 0.270 e. The second kappa shape index (κ2) is 7.14. The summed E-state index contributed by atoms with van der Waals surface area (Å²) in [6.07, 6.45) is 2.70. The summed E-state index contributed by atoms with van der Waals surface area (Å²) < 4.78 is 5.09. The molecule has 2 N–H and O–H groups in total. The fourth-order valence-corrected chi connectivity index (χ4v) is 3.12. The highest BCUT2D eigenvalue weighted by molar-refractivity contribution is 5.92. The lowest BCUT2D eigenvalue weighted by Crippen LogP contribution is -2.41. The number of aliphatic hydroxyl groups excluding tert-OH is 1. The van der Waals surface area contributed by atoms with E-state index in [1.54, 1.807) is 32.4 Å². The zero-order chi connectivity index (χ0) is 18.0. The van der Waals surface area contributed by atoms with Crippen LogP contribution in [-0.2, 0) is 0 Å². The number of pyridine rings is 1. The summed E-state index contributed by atoms with van der Waals surface area (Å²) in [4.78, 5) is 25.3. The minimum atomic E-state index is -0.306. The van der Waals surface area contributed by atoms with Crippen LogP contribution in [0.15, 0.2) is 24.4 Å². The van der Waals surface area contributed by atoms with Crippen LogP contribution in [0.3, 0.4) is 0 Å². The SMILES string of the molecule is COc1ccc([C@H](NC(=O)c2cc(C)nc(C)n2)C2CC(O)C2)cn1. The number of carbonyl (C=O) groups excluding carboxylic acids is 1. The molecule has 0 unspecified atom stereocenters. The molecule has 2 aromatic heterocycles. The van der Waals surface area contributed by atoms with Gasteiger partial charge in [0.1, 0.15) is 11.5 Å². The second-order valence-electron chi connectivity index (χ2n) is 6.41. The van der Waals surface area contributed by atoms with Gasteiger partial charge in [0.25, 0.3) is 5.91 Å². The van der Waals surface area contributed by atoms with Crippen LogP contribution in [0.4, 0.5) is 0 Å². The molecule has 7 heteroatoms. The van der Waals surface area contributed by atoms with Gasteiger partial charge in [-0.15, -0.1) is 0 Å². The van der Waals surface area contributed by atoms with E-state index in [-0.39, 0.29) is 24.0 Å². The number of hydrogen-bond donors (Lipinski definition) is 2. The van der Waals surface area contributed by atoms with Crippen molar-refractivity contribution in [2.24, 2.45) is 5.92 Å². The standard InChI is InChI=1S/C18H22N4O3/c1-10-6-15(21-11(2)20-10)18(24)22-17(13-7-14(23)8-13)12-4-5-16(25-3)19-9-12/h4-6,9,13-14,17,23H,7-8H2,1-3H3,(H,22,24)/t13?,14?,17-/m0/s1. The van der Waals surface area contributed by atoms with Crippen LogP contribution >= 0.6 is 0 Å². The average molecular weight is 342 g/mol. The van der Waals surface area contributed by atoms with Crippen molar-refractivity contribution in [3.63, 3.8) is 0 Å². The molecule has 1 saturated carbocycles. The molecule has 132 valence electrons. The lowest BCUT2D eigenvalue weighted by molar-refractivity contribution is 0.0234. The van der Waals surface area contributed by atoms with Crippen LogP contribution in [0.25, 0.3) is 0 Å². The first-order valence-electron chi connectivity index (χ1n) is 8.27. The number of aryl methyl sites for hydroxylation is 2. The molecule has 1 atom stereocenters. The van der Waals surface area contributed by atoms with Gasteiger partial charge in [-0.25, -0.2) is 15.0 Å². The van der Waals surface area contributed by atoms with Gasteiger partial charge in [0.2, 0.25) is 5.88 Å². The molecule has 2 aromatic rings. The predicted molar refractivity (Wildman–Crippen MR) is 91.2 cm³/mol. The quantitative estimate of drug-likeness (QED) is 0.859. The molecular weight excluding hydrogens is 320 g/mol. The van der Waals surface area contributed by atoms with Gasteiger partial charge in [-0.1, -0.05) is 6.07 Å². The van der Waals surface area contributed by atoms with E-state index in [1.165, 1.54) is 0 Å². The van der Waals surface area contributed by atoms with Gasteiger partial charge in [0, 0.05) is 18.0 Å². The van der Waals surface area contributed by atoms with Crippen LogP contribution in [-0.4, -0.2) is 39.2 Å². The van der Waals surface area contributed by atoms with Crippen molar-refractivity contribution in [1.82, 2.24) is 20.3 Å². The van der Waals surface area contributed by atoms with Crippen LogP contribution in [0.1, 0.15) is 46.5 Å². The lowest BCUT2D eigenvalue weighted by Gasteiger charge is -2.38. The van der Waals surface area contributed by atoms with E-state index in [9.17, 15) is 9.90 Å². The van der Waals surface area contributed by atoms with Crippen molar-refractivity contribution in [3.05, 3.63) is 47.2 Å². The number of nitrogens with one attached hydrogen (secondary N) is 1. The minimum Gasteiger partial charge on any atom is -0.481 e. The topological polar surface area (TPSA) is 97.2 Å². The zero-order valence-electron chi connectivity index (χ0n) is 14.6. The number of carbonyl (C=O) groups is 1. The molecule has 2 heterocycles. The minimum absolute atomic E-state index is 0.165. The Morgan fingerprint density at radius 1 is 1.32 bits per heavy atom. The van der Waals surface area contributed by atoms with E-state index in [1.807, 2.05) is 13.0 Å². The van der Waals surface area contributed by atoms with E-state index in [4.69, 9.17) is 4.74 Å². The second-order valence-corrected chi connectivity index (χ2v) is 6.41. The van der Waals surface area contributed by atoms with Crippen LogP contribution in [0.5, 0.6) is 5.88 Å². The number of aliphatic hydroxyl groups is 1. The first-order valence-corrected chi connectivity index (χ1v) is 8.27. The Morgan fingerprint density at radius 3 is 2.64 bits per heavy atom. The highest BCUT2D eigenvalue weighted by Crippen LogP contribution is 2.38.